The number of nitrogens with zero attached hydrogens (tertiary/aromatic N) is 2. The lowest BCUT2D eigenvalue weighted by atomic mass is 9.96. The number of fused-ring (bicyclic) bond motifs is 1. The molecule has 0 amide bonds. The Hall–Kier alpha value is -1.84. The fourth-order valence-corrected chi connectivity index (χ4v) is 2.29. The lowest BCUT2D eigenvalue weighted by molar-refractivity contribution is 0.543. The monoisotopic (exact) mass is 229 g/mol. The Labute approximate surface area is 99.9 Å². The van der Waals surface area contributed by atoms with E-state index in [-0.39, 0.29) is 0 Å². The molecule has 1 aliphatic carbocycles. The SMILES string of the molecule is Cc1ccc(-c2nc(N)c3c(n2)CCCC3)o1. The Morgan fingerprint density at radius 3 is 2.76 bits per heavy atom. The smallest absolute Gasteiger partial charge is 0.197 e. The van der Waals surface area contributed by atoms with Gasteiger partial charge in [0.2, 0.25) is 0 Å². The van der Waals surface area contributed by atoms with E-state index in [9.17, 15) is 0 Å². The Bertz CT molecular complexity index is 560. The predicted molar refractivity (Wildman–Crippen MR) is 65.5 cm³/mol. The zero-order chi connectivity index (χ0) is 11.8. The fourth-order valence-electron chi connectivity index (χ4n) is 2.29. The van der Waals surface area contributed by atoms with Crippen LogP contribution in [0.25, 0.3) is 11.6 Å². The van der Waals surface area contributed by atoms with Crippen molar-refractivity contribution < 1.29 is 4.42 Å². The van der Waals surface area contributed by atoms with E-state index in [1.807, 2.05) is 19.1 Å². The van der Waals surface area contributed by atoms with Crippen molar-refractivity contribution in [3.63, 3.8) is 0 Å². The van der Waals surface area contributed by atoms with Gasteiger partial charge in [-0.2, -0.15) is 0 Å². The van der Waals surface area contributed by atoms with Crippen molar-refractivity contribution in [3.05, 3.63) is 29.2 Å². The maximum Gasteiger partial charge on any atom is 0.197 e. The van der Waals surface area contributed by atoms with E-state index in [1.54, 1.807) is 0 Å². The molecule has 2 aromatic heterocycles. The molecule has 0 saturated carbocycles. The number of furan rings is 1. The molecule has 0 aliphatic heterocycles. The van der Waals surface area contributed by atoms with Crippen molar-refractivity contribution in [2.75, 3.05) is 5.73 Å². The summed E-state index contributed by atoms with van der Waals surface area (Å²) in [5, 5.41) is 0. The minimum atomic E-state index is 0.608. The molecule has 0 spiro atoms. The molecule has 4 nitrogen and oxygen atoms in total. The minimum absolute atomic E-state index is 0.608. The van der Waals surface area contributed by atoms with E-state index in [0.717, 1.165) is 29.9 Å². The van der Waals surface area contributed by atoms with Gasteiger partial charge < -0.3 is 10.2 Å². The Morgan fingerprint density at radius 1 is 1.18 bits per heavy atom. The second-order valence-corrected chi connectivity index (χ2v) is 4.48. The average molecular weight is 229 g/mol. The summed E-state index contributed by atoms with van der Waals surface area (Å²) in [6, 6.07) is 3.80. The number of aromatic nitrogens is 2. The van der Waals surface area contributed by atoms with Crippen LogP contribution in [-0.4, -0.2) is 9.97 Å². The van der Waals surface area contributed by atoms with Crippen LogP contribution in [0.5, 0.6) is 0 Å². The van der Waals surface area contributed by atoms with Crippen LogP contribution < -0.4 is 5.73 Å². The van der Waals surface area contributed by atoms with Crippen molar-refractivity contribution in [1.82, 2.24) is 9.97 Å². The zero-order valence-electron chi connectivity index (χ0n) is 9.86. The van der Waals surface area contributed by atoms with Gasteiger partial charge in [0.15, 0.2) is 11.6 Å². The van der Waals surface area contributed by atoms with E-state index in [1.165, 1.54) is 12.8 Å². The van der Waals surface area contributed by atoms with Crippen LogP contribution in [0.4, 0.5) is 5.82 Å². The quantitative estimate of drug-likeness (QED) is 0.816. The predicted octanol–water partition coefficient (Wildman–Crippen LogP) is 2.51. The Balaban J connectivity index is 2.10. The topological polar surface area (TPSA) is 64.9 Å². The van der Waals surface area contributed by atoms with Gasteiger partial charge >= 0.3 is 0 Å². The van der Waals surface area contributed by atoms with Crippen LogP contribution in [0, 0.1) is 6.92 Å². The molecule has 1 aliphatic rings. The molecule has 88 valence electrons. The van der Waals surface area contributed by atoms with Gasteiger partial charge in [0.25, 0.3) is 0 Å². The lowest BCUT2D eigenvalue weighted by Crippen LogP contribution is -2.11. The maximum atomic E-state index is 5.99. The number of nitrogen functional groups attached to an aromatic ring is 1. The van der Waals surface area contributed by atoms with Gasteiger partial charge in [-0.05, 0) is 44.7 Å². The summed E-state index contributed by atoms with van der Waals surface area (Å²) in [5.41, 5.74) is 8.21. The van der Waals surface area contributed by atoms with Gasteiger partial charge in [-0.15, -0.1) is 0 Å². The normalized spacial score (nSPS) is 14.6. The van der Waals surface area contributed by atoms with Gasteiger partial charge in [-0.3, -0.25) is 0 Å². The lowest BCUT2D eigenvalue weighted by Gasteiger charge is -2.16. The first-order chi connectivity index (χ1) is 8.24. The van der Waals surface area contributed by atoms with Crippen molar-refractivity contribution in [2.45, 2.75) is 32.6 Å². The Morgan fingerprint density at radius 2 is 2.00 bits per heavy atom. The van der Waals surface area contributed by atoms with Crippen LogP contribution in [0.2, 0.25) is 0 Å². The van der Waals surface area contributed by atoms with Crippen LogP contribution in [0.1, 0.15) is 29.9 Å². The van der Waals surface area contributed by atoms with Crippen molar-refractivity contribution in [3.8, 4) is 11.6 Å². The van der Waals surface area contributed by atoms with Gasteiger partial charge in [0, 0.05) is 11.3 Å². The number of aryl methyl sites for hydroxylation is 2. The van der Waals surface area contributed by atoms with Crippen molar-refractivity contribution in [2.24, 2.45) is 0 Å². The van der Waals surface area contributed by atoms with Crippen LogP contribution in [-0.2, 0) is 12.8 Å². The molecule has 3 rings (SSSR count). The van der Waals surface area contributed by atoms with Crippen LogP contribution in [0.3, 0.4) is 0 Å². The van der Waals surface area contributed by atoms with Gasteiger partial charge in [0.1, 0.15) is 11.6 Å². The summed E-state index contributed by atoms with van der Waals surface area (Å²) in [7, 11) is 0. The summed E-state index contributed by atoms with van der Waals surface area (Å²) >= 11 is 0. The largest absolute Gasteiger partial charge is 0.458 e. The summed E-state index contributed by atoms with van der Waals surface area (Å²) in [6.07, 6.45) is 4.35. The molecule has 0 bridgehead atoms. The van der Waals surface area contributed by atoms with Gasteiger partial charge in [-0.1, -0.05) is 0 Å². The standard InChI is InChI=1S/C13H15N3O/c1-8-6-7-11(17-8)13-15-10-5-3-2-4-9(10)12(14)16-13/h6-7H,2-5H2,1H3,(H2,14,15,16). The molecule has 2 N–H and O–H groups in total. The van der Waals surface area contributed by atoms with Crippen molar-refractivity contribution in [1.29, 1.82) is 0 Å². The summed E-state index contributed by atoms with van der Waals surface area (Å²) < 4.78 is 5.54. The molecule has 0 unspecified atom stereocenters. The summed E-state index contributed by atoms with van der Waals surface area (Å²) in [4.78, 5) is 8.92. The van der Waals surface area contributed by atoms with E-state index in [4.69, 9.17) is 10.2 Å². The highest BCUT2D eigenvalue weighted by Crippen LogP contribution is 2.27. The van der Waals surface area contributed by atoms with E-state index < -0.39 is 0 Å². The van der Waals surface area contributed by atoms with E-state index >= 15 is 0 Å². The number of rotatable bonds is 1. The summed E-state index contributed by atoms with van der Waals surface area (Å²) in [6.45, 7) is 1.91. The summed E-state index contributed by atoms with van der Waals surface area (Å²) in [5.74, 6) is 2.78. The number of hydrogen-bond donors (Lipinski definition) is 1. The number of anilines is 1. The molecule has 17 heavy (non-hydrogen) atoms. The third kappa shape index (κ3) is 1.79. The highest BCUT2D eigenvalue weighted by molar-refractivity contribution is 5.54. The first kappa shape index (κ1) is 10.3. The maximum absolute atomic E-state index is 5.99. The zero-order valence-corrected chi connectivity index (χ0v) is 9.86. The number of nitrogens with two attached hydrogens (primary N) is 1. The average Bonchev–Trinajstić information content (AvgIpc) is 2.76. The molecule has 0 atom stereocenters. The molecule has 2 aromatic rings. The molecule has 0 fully saturated rings. The minimum Gasteiger partial charge on any atom is -0.458 e. The third-order valence-electron chi connectivity index (χ3n) is 3.18. The molecule has 0 aromatic carbocycles. The molecule has 0 radical (unpaired) electrons. The number of hydrogen-bond acceptors (Lipinski definition) is 4. The second kappa shape index (κ2) is 3.87. The molecule has 0 saturated heterocycles. The third-order valence-corrected chi connectivity index (χ3v) is 3.18. The highest BCUT2D eigenvalue weighted by atomic mass is 16.3. The van der Waals surface area contributed by atoms with Crippen molar-refractivity contribution >= 4 is 5.82 Å². The van der Waals surface area contributed by atoms with Gasteiger partial charge in [-0.25, -0.2) is 9.97 Å². The molecule has 4 heteroatoms. The highest BCUT2D eigenvalue weighted by Gasteiger charge is 2.17. The first-order valence-corrected chi connectivity index (χ1v) is 5.96. The second-order valence-electron chi connectivity index (χ2n) is 4.48. The van der Waals surface area contributed by atoms with E-state index in [2.05, 4.69) is 9.97 Å². The first-order valence-electron chi connectivity index (χ1n) is 5.96. The van der Waals surface area contributed by atoms with Gasteiger partial charge in [0.05, 0.1) is 0 Å². The van der Waals surface area contributed by atoms with E-state index in [0.29, 0.717) is 17.4 Å². The molecule has 2 heterocycles. The molecular formula is C13H15N3O. The Kier molecular flexibility index (Phi) is 2.35. The van der Waals surface area contributed by atoms with Crippen LogP contribution in [0.15, 0.2) is 16.5 Å². The fraction of sp³-hybridized carbons (Fsp3) is 0.385. The van der Waals surface area contributed by atoms with Crippen LogP contribution >= 0.6 is 0 Å². The molecular weight excluding hydrogens is 214 g/mol.